The van der Waals surface area contributed by atoms with E-state index < -0.39 is 6.43 Å². The first-order chi connectivity index (χ1) is 14.9. The summed E-state index contributed by atoms with van der Waals surface area (Å²) in [6.45, 7) is 7.37. The number of fused-ring (bicyclic) bond motifs is 1. The number of pyridine rings is 1. The lowest BCUT2D eigenvalue weighted by atomic mass is 10.1. The fourth-order valence-electron chi connectivity index (χ4n) is 3.29. The molecule has 0 aliphatic carbocycles. The lowest BCUT2D eigenvalue weighted by molar-refractivity contribution is 0.147. The standard InChI is InChI=1S/C21H19F2N7S/c1-5-7-13(8-6-2)30-20-17(18(28-30)19(22)23)14(21-27-26-12(3)31-21)11-15(25-20)16-9-10-24-29(16)4/h5-11,19H,1H2,2-4H3/b8-6-,13-7+. The summed E-state index contributed by atoms with van der Waals surface area (Å²) in [7, 11) is 1.79. The van der Waals surface area contributed by atoms with Crippen LogP contribution in [0, 0.1) is 6.92 Å². The smallest absolute Gasteiger partial charge is 0.266 e. The van der Waals surface area contributed by atoms with Gasteiger partial charge < -0.3 is 0 Å². The molecule has 0 bridgehead atoms. The quantitative estimate of drug-likeness (QED) is 0.386. The van der Waals surface area contributed by atoms with Gasteiger partial charge in [-0.15, -0.1) is 10.2 Å². The zero-order chi connectivity index (χ0) is 22.1. The van der Waals surface area contributed by atoms with Crippen LogP contribution in [0.25, 0.3) is 38.7 Å². The molecule has 0 amide bonds. The molecule has 0 aliphatic heterocycles. The molecule has 4 aromatic rings. The summed E-state index contributed by atoms with van der Waals surface area (Å²) < 4.78 is 31.2. The Labute approximate surface area is 181 Å². The third kappa shape index (κ3) is 3.70. The molecule has 31 heavy (non-hydrogen) atoms. The molecule has 0 radical (unpaired) electrons. The minimum Gasteiger partial charge on any atom is -0.266 e. The van der Waals surface area contributed by atoms with Gasteiger partial charge >= 0.3 is 0 Å². The Morgan fingerprint density at radius 1 is 1.29 bits per heavy atom. The number of alkyl halides is 2. The molecule has 0 spiro atoms. The van der Waals surface area contributed by atoms with Crippen molar-refractivity contribution in [1.82, 2.24) is 34.7 Å². The van der Waals surface area contributed by atoms with Crippen LogP contribution >= 0.6 is 11.3 Å². The number of aryl methyl sites for hydroxylation is 2. The molecule has 0 unspecified atom stereocenters. The topological polar surface area (TPSA) is 74.3 Å². The highest BCUT2D eigenvalue weighted by Gasteiger charge is 2.26. The molecular weight excluding hydrogens is 420 g/mol. The minimum atomic E-state index is -2.79. The second kappa shape index (κ2) is 8.31. The lowest BCUT2D eigenvalue weighted by Crippen LogP contribution is -2.01. The Kier molecular flexibility index (Phi) is 5.55. The lowest BCUT2D eigenvalue weighted by Gasteiger charge is -2.08. The largest absolute Gasteiger partial charge is 0.282 e. The molecule has 0 aromatic carbocycles. The molecule has 158 valence electrons. The van der Waals surface area contributed by atoms with Crippen LogP contribution in [-0.2, 0) is 7.05 Å². The van der Waals surface area contributed by atoms with Crippen molar-refractivity contribution >= 4 is 28.1 Å². The van der Waals surface area contributed by atoms with Crippen LogP contribution in [0.15, 0.2) is 49.2 Å². The number of aromatic nitrogens is 7. The summed E-state index contributed by atoms with van der Waals surface area (Å²) in [6, 6.07) is 3.55. The molecule has 0 atom stereocenters. The van der Waals surface area contributed by atoms with Gasteiger partial charge in [0.25, 0.3) is 6.43 Å². The van der Waals surface area contributed by atoms with E-state index in [2.05, 4.69) is 27.0 Å². The zero-order valence-corrected chi connectivity index (χ0v) is 17.9. The molecule has 4 aromatic heterocycles. The van der Waals surface area contributed by atoms with E-state index in [-0.39, 0.29) is 11.1 Å². The van der Waals surface area contributed by atoms with Crippen molar-refractivity contribution in [2.75, 3.05) is 0 Å². The zero-order valence-electron chi connectivity index (χ0n) is 17.1. The SMILES string of the molecule is C=C/C=C(\C=C/C)n1nc(C(F)F)c2c(-c3nnc(C)s3)cc(-c3ccnn3C)nc21. The summed E-state index contributed by atoms with van der Waals surface area (Å²) in [5.41, 5.74) is 2.30. The predicted molar refractivity (Wildman–Crippen MR) is 118 cm³/mol. The van der Waals surface area contributed by atoms with E-state index in [1.54, 1.807) is 48.3 Å². The van der Waals surface area contributed by atoms with Gasteiger partial charge in [0.2, 0.25) is 0 Å². The van der Waals surface area contributed by atoms with Crippen molar-refractivity contribution in [2.45, 2.75) is 20.3 Å². The van der Waals surface area contributed by atoms with Crippen LogP contribution in [0.2, 0.25) is 0 Å². The first kappa shape index (κ1) is 20.7. The Bertz CT molecular complexity index is 1330. The van der Waals surface area contributed by atoms with Gasteiger partial charge in [-0.1, -0.05) is 30.1 Å². The van der Waals surface area contributed by atoms with Crippen LogP contribution in [0.4, 0.5) is 8.78 Å². The van der Waals surface area contributed by atoms with E-state index in [1.807, 2.05) is 19.9 Å². The number of halogens is 2. The average molecular weight is 439 g/mol. The van der Waals surface area contributed by atoms with Crippen LogP contribution < -0.4 is 0 Å². The molecule has 0 saturated carbocycles. The molecule has 0 fully saturated rings. The van der Waals surface area contributed by atoms with Crippen molar-refractivity contribution in [1.29, 1.82) is 0 Å². The molecule has 0 saturated heterocycles. The van der Waals surface area contributed by atoms with E-state index in [0.29, 0.717) is 27.6 Å². The van der Waals surface area contributed by atoms with Gasteiger partial charge in [-0.05, 0) is 38.1 Å². The van der Waals surface area contributed by atoms with Crippen LogP contribution in [0.3, 0.4) is 0 Å². The highest BCUT2D eigenvalue weighted by molar-refractivity contribution is 7.14. The van der Waals surface area contributed by atoms with Crippen LogP contribution in [0.1, 0.15) is 24.1 Å². The number of hydrogen-bond acceptors (Lipinski definition) is 6. The summed E-state index contributed by atoms with van der Waals surface area (Å²) >= 11 is 1.33. The number of nitrogens with zero attached hydrogens (tertiary/aromatic N) is 7. The Hall–Kier alpha value is -3.53. The van der Waals surface area contributed by atoms with Crippen molar-refractivity contribution in [2.24, 2.45) is 7.05 Å². The number of allylic oxidation sites excluding steroid dienone is 5. The second-order valence-corrected chi connectivity index (χ2v) is 7.83. The predicted octanol–water partition coefficient (Wildman–Crippen LogP) is 5.20. The normalized spacial score (nSPS) is 12.5. The van der Waals surface area contributed by atoms with E-state index in [4.69, 9.17) is 4.98 Å². The van der Waals surface area contributed by atoms with Crippen molar-refractivity contribution in [3.8, 4) is 22.0 Å². The third-order valence-electron chi connectivity index (χ3n) is 4.58. The molecule has 4 heterocycles. The van der Waals surface area contributed by atoms with Gasteiger partial charge in [-0.3, -0.25) is 4.68 Å². The number of rotatable bonds is 6. The fourth-order valence-corrected chi connectivity index (χ4v) is 4.01. The maximum atomic E-state index is 14.1. The van der Waals surface area contributed by atoms with Crippen LogP contribution in [0.5, 0.6) is 0 Å². The summed E-state index contributed by atoms with van der Waals surface area (Å²) in [4.78, 5) is 4.71. The van der Waals surface area contributed by atoms with E-state index in [1.165, 1.54) is 16.0 Å². The van der Waals surface area contributed by atoms with Crippen molar-refractivity contribution in [3.05, 3.63) is 59.9 Å². The number of hydrogen-bond donors (Lipinski definition) is 0. The van der Waals surface area contributed by atoms with Crippen molar-refractivity contribution < 1.29 is 8.78 Å². The molecule has 10 heteroatoms. The van der Waals surface area contributed by atoms with Crippen LogP contribution in [-0.4, -0.2) is 34.7 Å². The highest BCUT2D eigenvalue weighted by atomic mass is 32.1. The summed E-state index contributed by atoms with van der Waals surface area (Å²) in [6.07, 6.45) is 5.68. The van der Waals surface area contributed by atoms with E-state index >= 15 is 0 Å². The van der Waals surface area contributed by atoms with Gasteiger partial charge in [-0.2, -0.15) is 10.2 Å². The summed E-state index contributed by atoms with van der Waals surface area (Å²) in [5, 5.41) is 18.2. The first-order valence-corrected chi connectivity index (χ1v) is 10.2. The molecular formula is C21H19F2N7S. The maximum absolute atomic E-state index is 14.1. The summed E-state index contributed by atoms with van der Waals surface area (Å²) in [5.74, 6) is 0. The second-order valence-electron chi connectivity index (χ2n) is 6.64. The third-order valence-corrected chi connectivity index (χ3v) is 5.45. The molecule has 4 rings (SSSR count). The Morgan fingerprint density at radius 3 is 2.68 bits per heavy atom. The van der Waals surface area contributed by atoms with Gasteiger partial charge in [0.05, 0.1) is 22.5 Å². The van der Waals surface area contributed by atoms with Gasteiger partial charge in [-0.25, -0.2) is 18.4 Å². The van der Waals surface area contributed by atoms with Crippen molar-refractivity contribution in [3.63, 3.8) is 0 Å². The minimum absolute atomic E-state index is 0.247. The average Bonchev–Trinajstić information content (AvgIpc) is 3.45. The highest BCUT2D eigenvalue weighted by Crippen LogP contribution is 2.39. The van der Waals surface area contributed by atoms with Gasteiger partial charge in [0, 0.05) is 18.8 Å². The Balaban J connectivity index is 2.15. The molecule has 0 aliphatic rings. The Morgan fingerprint density at radius 2 is 2.10 bits per heavy atom. The molecule has 0 N–H and O–H groups in total. The monoisotopic (exact) mass is 439 g/mol. The van der Waals surface area contributed by atoms with Gasteiger partial charge in [0.1, 0.15) is 15.7 Å². The molecule has 7 nitrogen and oxygen atoms in total. The first-order valence-electron chi connectivity index (χ1n) is 9.41. The van der Waals surface area contributed by atoms with Gasteiger partial charge in [0.15, 0.2) is 5.65 Å². The van der Waals surface area contributed by atoms with E-state index in [9.17, 15) is 8.78 Å². The van der Waals surface area contributed by atoms with E-state index in [0.717, 1.165) is 10.7 Å². The maximum Gasteiger partial charge on any atom is 0.282 e. The fraction of sp³-hybridized carbons (Fsp3) is 0.190.